The Labute approximate surface area is 72.9 Å². The van der Waals surface area contributed by atoms with E-state index in [9.17, 15) is 5.11 Å². The second kappa shape index (κ2) is 6.31. The van der Waals surface area contributed by atoms with Crippen molar-refractivity contribution >= 4 is 17.3 Å². The molecular formula is C8H14O2S. The van der Waals surface area contributed by atoms with Crippen molar-refractivity contribution in [2.75, 3.05) is 6.61 Å². The summed E-state index contributed by atoms with van der Waals surface area (Å²) in [5.41, 5.74) is 0. The zero-order chi connectivity index (χ0) is 8.69. The molecule has 0 spiro atoms. The average Bonchev–Trinajstić information content (AvgIpc) is 1.97. The Kier molecular flexibility index (Phi) is 6.07. The first-order valence-corrected chi connectivity index (χ1v) is 4.00. The van der Waals surface area contributed by atoms with Crippen LogP contribution in [0.25, 0.3) is 0 Å². The van der Waals surface area contributed by atoms with Crippen LogP contribution in [0.5, 0.6) is 0 Å². The molecule has 0 fully saturated rings. The van der Waals surface area contributed by atoms with E-state index in [2.05, 4.69) is 18.8 Å². The maximum Gasteiger partial charge on any atom is 0.156 e. The zero-order valence-corrected chi connectivity index (χ0v) is 7.56. The summed E-state index contributed by atoms with van der Waals surface area (Å²) < 4.78 is 4.95. The van der Waals surface area contributed by atoms with E-state index in [1.165, 1.54) is 0 Å². The molecule has 0 unspecified atom stereocenters. The van der Waals surface area contributed by atoms with Gasteiger partial charge in [-0.2, -0.15) is 0 Å². The number of thiocarbonyl (C=S) groups is 1. The maximum atomic E-state index is 9.20. The van der Waals surface area contributed by atoms with Crippen LogP contribution in [0, 0.1) is 0 Å². The van der Waals surface area contributed by atoms with Gasteiger partial charge < -0.3 is 9.84 Å². The maximum absolute atomic E-state index is 9.20. The third-order valence-corrected chi connectivity index (χ3v) is 1.30. The Balaban J connectivity index is 3.28. The number of aliphatic hydroxyl groups excluding tert-OH is 1. The lowest BCUT2D eigenvalue weighted by Gasteiger charge is -2.09. The number of hydrogen-bond acceptors (Lipinski definition) is 3. The third kappa shape index (κ3) is 7.49. The molecular weight excluding hydrogens is 160 g/mol. The fraction of sp³-hybridized carbons (Fsp3) is 0.625. The van der Waals surface area contributed by atoms with Gasteiger partial charge in [-0.3, -0.25) is 0 Å². The van der Waals surface area contributed by atoms with Gasteiger partial charge in [0.25, 0.3) is 0 Å². The minimum atomic E-state index is -0.425. The molecule has 11 heavy (non-hydrogen) atoms. The van der Waals surface area contributed by atoms with Crippen molar-refractivity contribution in [2.45, 2.75) is 25.9 Å². The van der Waals surface area contributed by atoms with Crippen molar-refractivity contribution in [1.29, 1.82) is 0 Å². The molecule has 2 nitrogen and oxygen atoms in total. The highest BCUT2D eigenvalue weighted by Crippen LogP contribution is 1.98. The fourth-order valence-electron chi connectivity index (χ4n) is 0.607. The highest BCUT2D eigenvalue weighted by Gasteiger charge is 2.02. The summed E-state index contributed by atoms with van der Waals surface area (Å²) in [6, 6.07) is 0. The first-order chi connectivity index (χ1) is 5.16. The lowest BCUT2D eigenvalue weighted by atomic mass is 10.2. The highest BCUT2D eigenvalue weighted by molar-refractivity contribution is 7.80. The normalized spacial score (nSPS) is 12.2. The van der Waals surface area contributed by atoms with E-state index in [4.69, 9.17) is 4.74 Å². The van der Waals surface area contributed by atoms with Crippen LogP contribution < -0.4 is 0 Å². The molecule has 0 aliphatic heterocycles. The van der Waals surface area contributed by atoms with Crippen molar-refractivity contribution < 1.29 is 9.84 Å². The molecule has 0 aromatic rings. The Morgan fingerprint density at radius 1 is 1.82 bits per heavy atom. The summed E-state index contributed by atoms with van der Waals surface area (Å²) in [6.45, 7) is 5.54. The smallest absolute Gasteiger partial charge is 0.156 e. The first-order valence-electron chi connectivity index (χ1n) is 3.59. The Morgan fingerprint density at radius 2 is 2.45 bits per heavy atom. The van der Waals surface area contributed by atoms with Gasteiger partial charge in [-0.1, -0.05) is 6.08 Å². The average molecular weight is 174 g/mol. The Hall–Kier alpha value is -0.410. The van der Waals surface area contributed by atoms with Crippen LogP contribution in [-0.2, 0) is 4.74 Å². The minimum Gasteiger partial charge on any atom is -0.485 e. The van der Waals surface area contributed by atoms with Crippen LogP contribution in [0.2, 0.25) is 0 Å². The molecule has 0 aromatic carbocycles. The van der Waals surface area contributed by atoms with Crippen molar-refractivity contribution in [1.82, 2.24) is 0 Å². The largest absolute Gasteiger partial charge is 0.485 e. The van der Waals surface area contributed by atoms with E-state index in [1.54, 1.807) is 13.0 Å². The van der Waals surface area contributed by atoms with Gasteiger partial charge in [0.05, 0.1) is 6.10 Å². The van der Waals surface area contributed by atoms with Crippen molar-refractivity contribution in [3.05, 3.63) is 12.7 Å². The van der Waals surface area contributed by atoms with E-state index < -0.39 is 6.10 Å². The molecule has 0 aromatic heterocycles. The summed E-state index contributed by atoms with van der Waals surface area (Å²) in [4.78, 5) is 0. The van der Waals surface area contributed by atoms with Gasteiger partial charge in [0.1, 0.15) is 6.61 Å². The molecule has 0 amide bonds. The van der Waals surface area contributed by atoms with Crippen LogP contribution in [-0.4, -0.2) is 22.9 Å². The second-order valence-electron chi connectivity index (χ2n) is 2.32. The standard InChI is InChI=1S/C8H14O2S/c1-3-4-5-8(9)6-10-7(2)11/h3,8-9H,1,4-6H2,2H3/t8-/m0/s1. The van der Waals surface area contributed by atoms with Crippen LogP contribution in [0.4, 0.5) is 0 Å². The molecule has 0 bridgehead atoms. The van der Waals surface area contributed by atoms with E-state index >= 15 is 0 Å². The molecule has 0 aliphatic carbocycles. The van der Waals surface area contributed by atoms with Gasteiger partial charge in [0.2, 0.25) is 0 Å². The van der Waals surface area contributed by atoms with Gasteiger partial charge in [-0.25, -0.2) is 0 Å². The number of aliphatic hydroxyl groups is 1. The lowest BCUT2D eigenvalue weighted by Crippen LogP contribution is -2.16. The van der Waals surface area contributed by atoms with Gasteiger partial charge >= 0.3 is 0 Å². The molecule has 0 aliphatic rings. The van der Waals surface area contributed by atoms with Gasteiger partial charge in [-0.15, -0.1) is 6.58 Å². The Morgan fingerprint density at radius 3 is 2.91 bits per heavy atom. The van der Waals surface area contributed by atoms with Gasteiger partial charge in [0.15, 0.2) is 5.05 Å². The molecule has 3 heteroatoms. The minimum absolute atomic E-state index is 0.295. The van der Waals surface area contributed by atoms with Gasteiger partial charge in [0, 0.05) is 6.92 Å². The fourth-order valence-corrected chi connectivity index (χ4v) is 0.675. The van der Waals surface area contributed by atoms with Crippen LogP contribution >= 0.6 is 12.2 Å². The van der Waals surface area contributed by atoms with E-state index in [0.717, 1.165) is 6.42 Å². The molecule has 0 saturated heterocycles. The summed E-state index contributed by atoms with van der Waals surface area (Å²) in [7, 11) is 0. The van der Waals surface area contributed by atoms with Crippen LogP contribution in [0.1, 0.15) is 19.8 Å². The van der Waals surface area contributed by atoms with Gasteiger partial charge in [-0.05, 0) is 25.1 Å². The Bertz CT molecular complexity index is 134. The monoisotopic (exact) mass is 174 g/mol. The van der Waals surface area contributed by atoms with Crippen molar-refractivity contribution in [3.63, 3.8) is 0 Å². The third-order valence-electron chi connectivity index (χ3n) is 1.18. The van der Waals surface area contributed by atoms with Crippen molar-refractivity contribution in [3.8, 4) is 0 Å². The zero-order valence-electron chi connectivity index (χ0n) is 6.75. The molecule has 1 N–H and O–H groups in total. The quantitative estimate of drug-likeness (QED) is 0.508. The van der Waals surface area contributed by atoms with Crippen LogP contribution in [0.3, 0.4) is 0 Å². The summed E-state index contributed by atoms with van der Waals surface area (Å²) in [5, 5.41) is 9.67. The molecule has 64 valence electrons. The molecule has 0 heterocycles. The SMILES string of the molecule is C=CCC[C@H](O)COC(C)=S. The molecule has 0 radical (unpaired) electrons. The summed E-state index contributed by atoms with van der Waals surface area (Å²) in [5.74, 6) is 0. The number of rotatable bonds is 5. The highest BCUT2D eigenvalue weighted by atomic mass is 32.1. The number of allylic oxidation sites excluding steroid dienone is 1. The summed E-state index contributed by atoms with van der Waals surface area (Å²) >= 11 is 4.67. The van der Waals surface area contributed by atoms with E-state index in [-0.39, 0.29) is 0 Å². The lowest BCUT2D eigenvalue weighted by molar-refractivity contribution is 0.0968. The number of ether oxygens (including phenoxy) is 1. The second-order valence-corrected chi connectivity index (χ2v) is 2.90. The first kappa shape index (κ1) is 10.6. The molecule has 0 rings (SSSR count). The molecule has 0 saturated carbocycles. The number of hydrogen-bond donors (Lipinski definition) is 1. The predicted molar refractivity (Wildman–Crippen MR) is 49.7 cm³/mol. The van der Waals surface area contributed by atoms with Crippen molar-refractivity contribution in [2.24, 2.45) is 0 Å². The molecule has 1 atom stereocenters. The van der Waals surface area contributed by atoms with E-state index in [1.807, 2.05) is 0 Å². The van der Waals surface area contributed by atoms with Crippen LogP contribution in [0.15, 0.2) is 12.7 Å². The predicted octanol–water partition coefficient (Wildman–Crippen LogP) is 1.68. The summed E-state index contributed by atoms with van der Waals surface area (Å²) in [6.07, 6.45) is 2.84. The van der Waals surface area contributed by atoms with E-state index in [0.29, 0.717) is 18.1 Å². The topological polar surface area (TPSA) is 29.5 Å².